The number of carbonyl (C=O) groups is 1. The standard InChI is InChI=1S/C48H42N2O5/c49-34-36-6-10-38(11-7-36)41-18-24-45(25-19-41)52-30-2-1-3-31-53-46-28-22-43(23-29-46)40-14-16-44(17-15-40)48(51)55-33-5-4-32-54-47-26-20-42(21-27-47)39-12-8-37(35-50)9-13-39/h6-29H,1-5,30-33H2. The zero-order valence-corrected chi connectivity index (χ0v) is 30.7. The van der Waals surface area contributed by atoms with Crippen molar-refractivity contribution in [2.75, 3.05) is 26.4 Å². The van der Waals surface area contributed by atoms with Crippen LogP contribution in [0.1, 0.15) is 53.6 Å². The number of nitriles is 2. The van der Waals surface area contributed by atoms with Crippen LogP contribution in [0.5, 0.6) is 17.2 Å². The number of nitrogens with zero attached hydrogens (tertiary/aromatic N) is 2. The molecule has 0 atom stereocenters. The van der Waals surface area contributed by atoms with Gasteiger partial charge in [-0.15, -0.1) is 0 Å². The van der Waals surface area contributed by atoms with Crippen LogP contribution in [0.2, 0.25) is 0 Å². The number of hydrogen-bond donors (Lipinski definition) is 0. The van der Waals surface area contributed by atoms with Crippen LogP contribution >= 0.6 is 0 Å². The fourth-order valence-electron chi connectivity index (χ4n) is 5.91. The number of carbonyl (C=O) groups excluding carboxylic acids is 1. The Morgan fingerprint density at radius 1 is 0.382 bits per heavy atom. The lowest BCUT2D eigenvalue weighted by Crippen LogP contribution is -2.07. The minimum atomic E-state index is -0.337. The Bertz CT molecular complexity index is 2180. The van der Waals surface area contributed by atoms with Crippen LogP contribution in [0.15, 0.2) is 146 Å². The number of esters is 1. The highest BCUT2D eigenvalue weighted by Crippen LogP contribution is 2.26. The molecule has 0 fully saturated rings. The summed E-state index contributed by atoms with van der Waals surface area (Å²) >= 11 is 0. The van der Waals surface area contributed by atoms with E-state index in [9.17, 15) is 4.79 Å². The summed E-state index contributed by atoms with van der Waals surface area (Å²) < 4.78 is 23.2. The first kappa shape index (κ1) is 37.9. The Hall–Kier alpha value is -6.83. The molecule has 0 saturated heterocycles. The van der Waals surface area contributed by atoms with E-state index in [1.165, 1.54) is 0 Å². The van der Waals surface area contributed by atoms with Gasteiger partial charge in [-0.2, -0.15) is 10.5 Å². The van der Waals surface area contributed by atoms with Gasteiger partial charge in [0.25, 0.3) is 0 Å². The molecule has 0 aliphatic rings. The van der Waals surface area contributed by atoms with Crippen molar-refractivity contribution in [3.05, 3.63) is 162 Å². The van der Waals surface area contributed by atoms with E-state index in [4.69, 9.17) is 29.5 Å². The molecule has 274 valence electrons. The molecule has 6 aromatic rings. The van der Waals surface area contributed by atoms with Crippen molar-refractivity contribution in [3.8, 4) is 62.8 Å². The van der Waals surface area contributed by atoms with Gasteiger partial charge in [-0.05, 0) is 138 Å². The molecule has 0 unspecified atom stereocenters. The lowest BCUT2D eigenvalue weighted by atomic mass is 10.0. The fourth-order valence-corrected chi connectivity index (χ4v) is 5.91. The van der Waals surface area contributed by atoms with Gasteiger partial charge in [-0.25, -0.2) is 4.79 Å². The normalized spacial score (nSPS) is 10.5. The van der Waals surface area contributed by atoms with Gasteiger partial charge in [-0.3, -0.25) is 0 Å². The van der Waals surface area contributed by atoms with Crippen molar-refractivity contribution >= 4 is 5.97 Å². The molecule has 0 amide bonds. The predicted molar refractivity (Wildman–Crippen MR) is 215 cm³/mol. The highest BCUT2D eigenvalue weighted by molar-refractivity contribution is 5.90. The van der Waals surface area contributed by atoms with Gasteiger partial charge in [-0.1, -0.05) is 72.8 Å². The minimum Gasteiger partial charge on any atom is -0.494 e. The smallest absolute Gasteiger partial charge is 0.338 e. The topological polar surface area (TPSA) is 102 Å². The molecule has 0 heterocycles. The second kappa shape index (κ2) is 19.9. The lowest BCUT2D eigenvalue weighted by molar-refractivity contribution is 0.0494. The van der Waals surface area contributed by atoms with Crippen LogP contribution in [0.3, 0.4) is 0 Å². The zero-order valence-electron chi connectivity index (χ0n) is 30.7. The predicted octanol–water partition coefficient (Wildman–Crippen LogP) is 11.1. The maximum atomic E-state index is 12.6. The third-order valence-electron chi connectivity index (χ3n) is 9.08. The first-order chi connectivity index (χ1) is 27.1. The molecular formula is C48H42N2O5. The SMILES string of the molecule is N#Cc1ccc(-c2ccc(OCCCCCOc3ccc(-c4ccc(C(=O)OCCCCOc5ccc(-c6ccc(C#N)cc6)cc5)cc4)cc3)cc2)cc1. The molecule has 6 rings (SSSR count). The van der Waals surface area contributed by atoms with Gasteiger partial charge < -0.3 is 18.9 Å². The molecule has 7 nitrogen and oxygen atoms in total. The Morgan fingerprint density at radius 2 is 0.673 bits per heavy atom. The maximum absolute atomic E-state index is 12.6. The Morgan fingerprint density at radius 3 is 1.02 bits per heavy atom. The lowest BCUT2D eigenvalue weighted by Gasteiger charge is -2.10. The van der Waals surface area contributed by atoms with Crippen LogP contribution in [0.25, 0.3) is 33.4 Å². The second-order valence-electron chi connectivity index (χ2n) is 13.0. The van der Waals surface area contributed by atoms with Crippen molar-refractivity contribution in [3.63, 3.8) is 0 Å². The van der Waals surface area contributed by atoms with Crippen molar-refractivity contribution in [2.24, 2.45) is 0 Å². The van der Waals surface area contributed by atoms with Crippen LogP contribution < -0.4 is 14.2 Å². The summed E-state index contributed by atoms with van der Waals surface area (Å²) in [5, 5.41) is 18.0. The number of hydrogen-bond acceptors (Lipinski definition) is 7. The summed E-state index contributed by atoms with van der Waals surface area (Å²) in [6.45, 7) is 2.15. The van der Waals surface area contributed by atoms with Gasteiger partial charge in [0.2, 0.25) is 0 Å². The Balaban J connectivity index is 0.817. The molecule has 55 heavy (non-hydrogen) atoms. The summed E-state index contributed by atoms with van der Waals surface area (Å²) in [6.07, 6.45) is 4.35. The molecule has 0 aromatic heterocycles. The average Bonchev–Trinajstić information content (AvgIpc) is 3.25. The third kappa shape index (κ3) is 11.3. The van der Waals surface area contributed by atoms with Crippen molar-refractivity contribution in [1.82, 2.24) is 0 Å². The van der Waals surface area contributed by atoms with Gasteiger partial charge in [0.15, 0.2) is 0 Å². The molecule has 0 spiro atoms. The number of rotatable bonds is 18. The van der Waals surface area contributed by atoms with Gasteiger partial charge in [0.1, 0.15) is 17.2 Å². The molecule has 6 aromatic carbocycles. The van der Waals surface area contributed by atoms with Gasteiger partial charge in [0, 0.05) is 0 Å². The minimum absolute atomic E-state index is 0.327. The molecule has 0 aliphatic heterocycles. The molecule has 0 bridgehead atoms. The number of benzene rings is 6. The van der Waals surface area contributed by atoms with Crippen molar-refractivity contribution < 1.29 is 23.7 Å². The molecule has 0 aliphatic carbocycles. The first-order valence-corrected chi connectivity index (χ1v) is 18.6. The summed E-state index contributed by atoms with van der Waals surface area (Å²) in [5.41, 5.74) is 8.12. The van der Waals surface area contributed by atoms with E-state index in [1.54, 1.807) is 12.1 Å². The highest BCUT2D eigenvalue weighted by Gasteiger charge is 2.08. The monoisotopic (exact) mass is 726 g/mol. The Labute approximate surface area is 322 Å². The van der Waals surface area contributed by atoms with E-state index in [1.807, 2.05) is 133 Å². The van der Waals surface area contributed by atoms with Crippen LogP contribution in [0.4, 0.5) is 0 Å². The van der Waals surface area contributed by atoms with E-state index in [0.717, 1.165) is 76.3 Å². The highest BCUT2D eigenvalue weighted by atomic mass is 16.5. The number of ether oxygens (including phenoxy) is 4. The van der Waals surface area contributed by atoms with Crippen LogP contribution in [-0.4, -0.2) is 32.4 Å². The van der Waals surface area contributed by atoms with Crippen molar-refractivity contribution in [1.29, 1.82) is 10.5 Å². The number of unbranched alkanes of at least 4 members (excludes halogenated alkanes) is 3. The van der Waals surface area contributed by atoms with Gasteiger partial charge in [0.05, 0.1) is 55.3 Å². The summed E-state index contributed by atoms with van der Waals surface area (Å²) in [4.78, 5) is 12.6. The molecule has 0 saturated carbocycles. The molecule has 7 heteroatoms. The van der Waals surface area contributed by atoms with E-state index in [-0.39, 0.29) is 5.97 Å². The summed E-state index contributed by atoms with van der Waals surface area (Å²) in [7, 11) is 0. The largest absolute Gasteiger partial charge is 0.494 e. The third-order valence-corrected chi connectivity index (χ3v) is 9.08. The van der Waals surface area contributed by atoms with E-state index in [2.05, 4.69) is 12.1 Å². The zero-order chi connectivity index (χ0) is 38.1. The fraction of sp³-hybridized carbons (Fsp3) is 0.188. The van der Waals surface area contributed by atoms with E-state index in [0.29, 0.717) is 49.5 Å². The van der Waals surface area contributed by atoms with E-state index >= 15 is 0 Å². The summed E-state index contributed by atoms with van der Waals surface area (Å²) in [6, 6.07) is 50.7. The second-order valence-corrected chi connectivity index (χ2v) is 13.0. The Kier molecular flexibility index (Phi) is 13.7. The van der Waals surface area contributed by atoms with Crippen LogP contribution in [-0.2, 0) is 4.74 Å². The molecular weight excluding hydrogens is 685 g/mol. The first-order valence-electron chi connectivity index (χ1n) is 18.6. The van der Waals surface area contributed by atoms with E-state index < -0.39 is 0 Å². The average molecular weight is 727 g/mol. The maximum Gasteiger partial charge on any atom is 0.338 e. The van der Waals surface area contributed by atoms with Crippen LogP contribution in [0, 0.1) is 22.7 Å². The van der Waals surface area contributed by atoms with Gasteiger partial charge >= 0.3 is 5.97 Å². The molecule has 0 N–H and O–H groups in total. The summed E-state index contributed by atoms with van der Waals surface area (Å²) in [5.74, 6) is 2.12. The van der Waals surface area contributed by atoms with Crippen molar-refractivity contribution in [2.45, 2.75) is 32.1 Å². The molecule has 0 radical (unpaired) electrons. The quantitative estimate of drug-likeness (QED) is 0.0642.